The van der Waals surface area contributed by atoms with E-state index in [9.17, 15) is 9.18 Å². The lowest BCUT2D eigenvalue weighted by molar-refractivity contribution is -0.122. The number of amides is 1. The van der Waals surface area contributed by atoms with Crippen molar-refractivity contribution in [3.63, 3.8) is 0 Å². The number of halogens is 1. The Hall–Kier alpha value is -2.97. The number of methoxy groups -OCH3 is 2. The van der Waals surface area contributed by atoms with Crippen LogP contribution in [0.5, 0.6) is 11.5 Å². The van der Waals surface area contributed by atoms with Crippen molar-refractivity contribution >= 4 is 29.3 Å². The number of thiocarbonyl (C=S) groups is 1. The molecule has 30 heavy (non-hydrogen) atoms. The molecule has 0 aromatic heterocycles. The third kappa shape index (κ3) is 5.14. The summed E-state index contributed by atoms with van der Waals surface area (Å²) in [7, 11) is 3.17. The first kappa shape index (κ1) is 21.7. The lowest BCUT2D eigenvalue weighted by atomic mass is 10.1. The smallest absolute Gasteiger partial charge is 0.276 e. The number of nitrogens with zero attached hydrogens (tertiary/aromatic N) is 1. The van der Waals surface area contributed by atoms with Crippen molar-refractivity contribution in [2.75, 3.05) is 27.4 Å². The van der Waals surface area contributed by atoms with Crippen LogP contribution in [-0.2, 0) is 16.1 Å². The molecule has 2 aromatic rings. The Bertz CT molecular complexity index is 964. The summed E-state index contributed by atoms with van der Waals surface area (Å²) in [5, 5.41) is 3.33. The summed E-state index contributed by atoms with van der Waals surface area (Å²) in [5.41, 5.74) is 1.88. The fraction of sp³-hybridized carbons (Fsp3) is 0.273. The Morgan fingerprint density at radius 3 is 2.70 bits per heavy atom. The Labute approximate surface area is 180 Å². The van der Waals surface area contributed by atoms with Gasteiger partial charge in [-0.05, 0) is 54.5 Å². The molecule has 1 amide bonds. The summed E-state index contributed by atoms with van der Waals surface area (Å²) >= 11 is 5.27. The predicted molar refractivity (Wildman–Crippen MR) is 116 cm³/mol. The maximum atomic E-state index is 13.8. The van der Waals surface area contributed by atoms with Crippen LogP contribution in [0.3, 0.4) is 0 Å². The SMILES string of the molecule is COCCCN1C(=O)/C(=C\c2ccc(OC)c(COc3ccccc3F)c2)NC1=S. The molecule has 1 heterocycles. The standard InChI is InChI=1S/C22H23FN2O4S/c1-27-11-5-10-25-21(26)18(24-22(25)30)13-15-8-9-19(28-2)16(12-15)14-29-20-7-4-3-6-17(20)23/h3-4,6-9,12-13H,5,10-11,14H2,1-2H3,(H,24,30)/b18-13+. The largest absolute Gasteiger partial charge is 0.496 e. The van der Waals surface area contributed by atoms with Crippen molar-refractivity contribution in [1.82, 2.24) is 10.2 Å². The van der Waals surface area contributed by atoms with Gasteiger partial charge >= 0.3 is 0 Å². The molecular weight excluding hydrogens is 407 g/mol. The highest BCUT2D eigenvalue weighted by molar-refractivity contribution is 7.80. The first-order valence-electron chi connectivity index (χ1n) is 9.41. The van der Waals surface area contributed by atoms with E-state index in [1.54, 1.807) is 44.6 Å². The van der Waals surface area contributed by atoms with E-state index in [1.807, 2.05) is 12.1 Å². The number of ether oxygens (including phenoxy) is 3. The van der Waals surface area contributed by atoms with Crippen molar-refractivity contribution in [3.05, 3.63) is 65.1 Å². The average molecular weight is 431 g/mol. The number of hydrogen-bond donors (Lipinski definition) is 1. The fourth-order valence-corrected chi connectivity index (χ4v) is 3.31. The molecule has 6 nitrogen and oxygen atoms in total. The normalized spacial score (nSPS) is 14.9. The average Bonchev–Trinajstić information content (AvgIpc) is 3.01. The molecule has 0 spiro atoms. The molecule has 3 rings (SSSR count). The number of carbonyl (C=O) groups is 1. The number of benzene rings is 2. The third-order valence-electron chi connectivity index (χ3n) is 4.53. The van der Waals surface area contributed by atoms with Gasteiger partial charge in [0.05, 0.1) is 7.11 Å². The van der Waals surface area contributed by atoms with Crippen molar-refractivity contribution in [3.8, 4) is 11.5 Å². The van der Waals surface area contributed by atoms with E-state index in [2.05, 4.69) is 5.32 Å². The van der Waals surface area contributed by atoms with Crippen LogP contribution in [0.4, 0.5) is 4.39 Å². The second-order valence-electron chi connectivity index (χ2n) is 6.58. The molecule has 1 aliphatic rings. The first-order chi connectivity index (χ1) is 14.5. The number of rotatable bonds is 9. The molecule has 8 heteroatoms. The van der Waals surface area contributed by atoms with Crippen LogP contribution in [0.15, 0.2) is 48.2 Å². The minimum absolute atomic E-state index is 0.115. The van der Waals surface area contributed by atoms with Gasteiger partial charge in [0.25, 0.3) is 5.91 Å². The highest BCUT2D eigenvalue weighted by Crippen LogP contribution is 2.25. The quantitative estimate of drug-likeness (QED) is 0.373. The van der Waals surface area contributed by atoms with Crippen molar-refractivity contribution in [1.29, 1.82) is 0 Å². The molecule has 1 N–H and O–H groups in total. The summed E-state index contributed by atoms with van der Waals surface area (Å²) < 4.78 is 29.8. The summed E-state index contributed by atoms with van der Waals surface area (Å²) in [6, 6.07) is 11.6. The highest BCUT2D eigenvalue weighted by Gasteiger charge is 2.30. The predicted octanol–water partition coefficient (Wildman–Crippen LogP) is 3.51. The maximum Gasteiger partial charge on any atom is 0.276 e. The van der Waals surface area contributed by atoms with Gasteiger partial charge in [0.2, 0.25) is 0 Å². The van der Waals surface area contributed by atoms with Gasteiger partial charge < -0.3 is 19.5 Å². The zero-order chi connectivity index (χ0) is 21.5. The summed E-state index contributed by atoms with van der Waals surface area (Å²) in [5.74, 6) is 0.151. The maximum absolute atomic E-state index is 13.8. The topological polar surface area (TPSA) is 60.0 Å². The second kappa shape index (κ2) is 10.2. The lowest BCUT2D eigenvalue weighted by Crippen LogP contribution is -2.32. The lowest BCUT2D eigenvalue weighted by Gasteiger charge is -2.13. The summed E-state index contributed by atoms with van der Waals surface area (Å²) in [6.45, 7) is 1.15. The molecule has 158 valence electrons. The van der Waals surface area contributed by atoms with Gasteiger partial charge in [0.1, 0.15) is 18.1 Å². The van der Waals surface area contributed by atoms with Gasteiger partial charge in [-0.25, -0.2) is 4.39 Å². The Balaban J connectivity index is 1.76. The highest BCUT2D eigenvalue weighted by atomic mass is 32.1. The second-order valence-corrected chi connectivity index (χ2v) is 6.97. The first-order valence-corrected chi connectivity index (χ1v) is 9.82. The molecule has 0 bridgehead atoms. The van der Waals surface area contributed by atoms with E-state index in [4.69, 9.17) is 26.4 Å². The van der Waals surface area contributed by atoms with Gasteiger partial charge in [0, 0.05) is 25.8 Å². The Kier molecular flexibility index (Phi) is 7.37. The van der Waals surface area contributed by atoms with Crippen LogP contribution in [-0.4, -0.2) is 43.3 Å². The van der Waals surface area contributed by atoms with Gasteiger partial charge in [0.15, 0.2) is 16.7 Å². The van der Waals surface area contributed by atoms with Crippen LogP contribution >= 0.6 is 12.2 Å². The summed E-state index contributed by atoms with van der Waals surface area (Å²) in [4.78, 5) is 14.2. The molecular formula is C22H23FN2O4S. The van der Waals surface area contributed by atoms with E-state index >= 15 is 0 Å². The van der Waals surface area contributed by atoms with Gasteiger partial charge in [-0.1, -0.05) is 18.2 Å². The van der Waals surface area contributed by atoms with Crippen LogP contribution in [0, 0.1) is 5.82 Å². The minimum atomic E-state index is -0.433. The Morgan fingerprint density at radius 2 is 1.97 bits per heavy atom. The number of nitrogens with one attached hydrogen (secondary N) is 1. The van der Waals surface area contributed by atoms with Crippen molar-refractivity contribution in [2.45, 2.75) is 13.0 Å². The van der Waals surface area contributed by atoms with Crippen molar-refractivity contribution in [2.24, 2.45) is 0 Å². The summed E-state index contributed by atoms with van der Waals surface area (Å²) in [6.07, 6.45) is 2.41. The van der Waals surface area contributed by atoms with Crippen LogP contribution in [0.2, 0.25) is 0 Å². The Morgan fingerprint density at radius 1 is 1.17 bits per heavy atom. The zero-order valence-electron chi connectivity index (χ0n) is 16.8. The molecule has 0 unspecified atom stereocenters. The molecule has 1 aliphatic heterocycles. The van der Waals surface area contributed by atoms with E-state index < -0.39 is 5.82 Å². The number of hydrogen-bond acceptors (Lipinski definition) is 5. The molecule has 0 aliphatic carbocycles. The molecule has 0 radical (unpaired) electrons. The minimum Gasteiger partial charge on any atom is -0.496 e. The fourth-order valence-electron chi connectivity index (χ4n) is 3.03. The van der Waals surface area contributed by atoms with E-state index in [-0.39, 0.29) is 18.3 Å². The molecule has 1 saturated heterocycles. The van der Waals surface area contributed by atoms with Gasteiger partial charge in [-0.15, -0.1) is 0 Å². The van der Waals surface area contributed by atoms with Crippen LogP contribution in [0.1, 0.15) is 17.5 Å². The molecule has 1 fully saturated rings. The zero-order valence-corrected chi connectivity index (χ0v) is 17.6. The van der Waals surface area contributed by atoms with Crippen LogP contribution < -0.4 is 14.8 Å². The number of carbonyl (C=O) groups excluding carboxylic acids is 1. The van der Waals surface area contributed by atoms with Crippen molar-refractivity contribution < 1.29 is 23.4 Å². The van der Waals surface area contributed by atoms with E-state index in [1.165, 1.54) is 11.0 Å². The number of para-hydroxylation sites is 1. The van der Waals surface area contributed by atoms with Crippen LogP contribution in [0.25, 0.3) is 6.08 Å². The van der Waals surface area contributed by atoms with E-state index in [0.717, 1.165) is 11.1 Å². The third-order valence-corrected chi connectivity index (χ3v) is 4.85. The van der Waals surface area contributed by atoms with Gasteiger partial charge in [-0.3, -0.25) is 9.69 Å². The molecule has 0 atom stereocenters. The monoisotopic (exact) mass is 430 g/mol. The molecule has 0 saturated carbocycles. The van der Waals surface area contributed by atoms with Gasteiger partial charge in [-0.2, -0.15) is 0 Å². The van der Waals surface area contributed by atoms with E-state index in [0.29, 0.717) is 36.1 Å². The molecule has 2 aromatic carbocycles.